The smallest absolute Gasteiger partial charge is 0.272 e. The average molecular weight is 442 g/mol. The Morgan fingerprint density at radius 2 is 1.80 bits per heavy atom. The van der Waals surface area contributed by atoms with Gasteiger partial charge in [-0.2, -0.15) is 0 Å². The van der Waals surface area contributed by atoms with E-state index in [1.807, 2.05) is 30.3 Å². The van der Waals surface area contributed by atoms with Crippen LogP contribution in [0.25, 0.3) is 10.9 Å². The van der Waals surface area contributed by atoms with Crippen molar-refractivity contribution in [1.82, 2.24) is 9.78 Å². The Kier molecular flexibility index (Phi) is 5.40. The normalized spacial score (nSPS) is 11.7. The average Bonchev–Trinajstić information content (AvgIpc) is 3.04. The number of fused-ring (bicyclic) bond motifs is 1. The molecule has 3 aromatic carbocycles. The standard InChI is InChI=1S/C22H20ClN3O3S/c1-15-19(23)8-5-9-21(15)30(28,29)25-17-10-11-20-18(14-17)22(27)24-26(20)13-12-16-6-3-2-4-7-16/h2-11,14,25H,12-13H2,1H3,(H,24,27). The lowest BCUT2D eigenvalue weighted by atomic mass is 10.1. The van der Waals surface area contributed by atoms with Crippen molar-refractivity contribution >= 4 is 38.2 Å². The second kappa shape index (κ2) is 8.01. The summed E-state index contributed by atoms with van der Waals surface area (Å²) < 4.78 is 29.9. The van der Waals surface area contributed by atoms with Crippen LogP contribution in [0.3, 0.4) is 0 Å². The van der Waals surface area contributed by atoms with E-state index in [4.69, 9.17) is 11.6 Å². The number of nitrogens with one attached hydrogen (secondary N) is 2. The van der Waals surface area contributed by atoms with Crippen LogP contribution in [0.4, 0.5) is 5.69 Å². The molecule has 0 aliphatic carbocycles. The van der Waals surface area contributed by atoms with Gasteiger partial charge in [-0.05, 0) is 54.8 Å². The van der Waals surface area contributed by atoms with E-state index in [0.717, 1.165) is 11.9 Å². The molecule has 2 N–H and O–H groups in total. The Balaban J connectivity index is 1.62. The van der Waals surface area contributed by atoms with Gasteiger partial charge < -0.3 is 0 Å². The molecular formula is C22H20ClN3O3S. The molecule has 0 bridgehead atoms. The van der Waals surface area contributed by atoms with Crippen LogP contribution in [0, 0.1) is 6.92 Å². The van der Waals surface area contributed by atoms with Crippen molar-refractivity contribution in [3.05, 3.63) is 93.2 Å². The fourth-order valence-electron chi connectivity index (χ4n) is 3.41. The van der Waals surface area contributed by atoms with Crippen molar-refractivity contribution < 1.29 is 8.42 Å². The van der Waals surface area contributed by atoms with Gasteiger partial charge in [0.1, 0.15) is 0 Å². The summed E-state index contributed by atoms with van der Waals surface area (Å²) >= 11 is 6.06. The van der Waals surface area contributed by atoms with E-state index in [1.54, 1.807) is 41.9 Å². The summed E-state index contributed by atoms with van der Waals surface area (Å²) in [4.78, 5) is 12.5. The highest BCUT2D eigenvalue weighted by atomic mass is 35.5. The van der Waals surface area contributed by atoms with Crippen molar-refractivity contribution in [2.24, 2.45) is 0 Å². The van der Waals surface area contributed by atoms with E-state index >= 15 is 0 Å². The van der Waals surface area contributed by atoms with E-state index in [-0.39, 0.29) is 10.5 Å². The Hall–Kier alpha value is -3.03. The first-order valence-electron chi connectivity index (χ1n) is 9.39. The highest BCUT2D eigenvalue weighted by Gasteiger charge is 2.19. The lowest BCUT2D eigenvalue weighted by molar-refractivity contribution is 0.600. The van der Waals surface area contributed by atoms with Gasteiger partial charge in [0.15, 0.2) is 0 Å². The molecule has 4 aromatic rings. The lowest BCUT2D eigenvalue weighted by Gasteiger charge is -2.11. The number of aromatic amines is 1. The number of rotatable bonds is 6. The second-order valence-corrected chi connectivity index (χ2v) is 9.09. The first-order chi connectivity index (χ1) is 14.3. The molecule has 0 fully saturated rings. The Morgan fingerprint density at radius 3 is 2.57 bits per heavy atom. The highest BCUT2D eigenvalue weighted by molar-refractivity contribution is 7.92. The van der Waals surface area contributed by atoms with Gasteiger partial charge in [0.25, 0.3) is 15.6 Å². The third-order valence-corrected chi connectivity index (χ3v) is 6.93. The maximum absolute atomic E-state index is 12.8. The fourth-order valence-corrected chi connectivity index (χ4v) is 4.96. The molecule has 154 valence electrons. The van der Waals surface area contributed by atoms with Crippen LogP contribution in [-0.2, 0) is 23.0 Å². The quantitative estimate of drug-likeness (QED) is 0.467. The zero-order valence-electron chi connectivity index (χ0n) is 16.2. The molecule has 0 aliphatic heterocycles. The number of anilines is 1. The molecule has 4 rings (SSSR count). The minimum Gasteiger partial charge on any atom is -0.284 e. The minimum absolute atomic E-state index is 0.101. The Bertz CT molecular complexity index is 1380. The number of aromatic nitrogens is 2. The van der Waals surface area contributed by atoms with Crippen LogP contribution in [0.5, 0.6) is 0 Å². The molecule has 0 spiro atoms. The summed E-state index contributed by atoms with van der Waals surface area (Å²) in [6, 6.07) is 19.6. The molecule has 6 nitrogen and oxygen atoms in total. The van der Waals surface area contributed by atoms with E-state index in [9.17, 15) is 13.2 Å². The van der Waals surface area contributed by atoms with Gasteiger partial charge in [-0.1, -0.05) is 48.0 Å². The van der Waals surface area contributed by atoms with Gasteiger partial charge in [0.05, 0.1) is 15.8 Å². The molecule has 1 aromatic heterocycles. The fraction of sp³-hybridized carbons (Fsp3) is 0.136. The Morgan fingerprint density at radius 1 is 1.03 bits per heavy atom. The van der Waals surface area contributed by atoms with Crippen LogP contribution in [0.1, 0.15) is 11.1 Å². The number of aryl methyl sites for hydroxylation is 2. The number of nitrogens with zero attached hydrogens (tertiary/aromatic N) is 1. The van der Waals surface area contributed by atoms with Gasteiger partial charge in [0.2, 0.25) is 0 Å². The molecule has 1 heterocycles. The lowest BCUT2D eigenvalue weighted by Crippen LogP contribution is -2.14. The van der Waals surface area contributed by atoms with Gasteiger partial charge in [-0.3, -0.25) is 19.3 Å². The van der Waals surface area contributed by atoms with Crippen molar-refractivity contribution in [2.45, 2.75) is 24.8 Å². The largest absolute Gasteiger partial charge is 0.284 e. The summed E-state index contributed by atoms with van der Waals surface area (Å²) in [5, 5.41) is 3.63. The van der Waals surface area contributed by atoms with Crippen LogP contribution in [-0.4, -0.2) is 18.2 Å². The maximum Gasteiger partial charge on any atom is 0.272 e. The highest BCUT2D eigenvalue weighted by Crippen LogP contribution is 2.25. The van der Waals surface area contributed by atoms with Crippen LogP contribution >= 0.6 is 11.6 Å². The van der Waals surface area contributed by atoms with E-state index in [0.29, 0.717) is 28.2 Å². The number of H-pyrrole nitrogens is 1. The zero-order valence-corrected chi connectivity index (χ0v) is 17.8. The Labute approximate surface area is 179 Å². The number of benzene rings is 3. The molecule has 0 saturated heterocycles. The van der Waals surface area contributed by atoms with Crippen molar-refractivity contribution in [3.8, 4) is 0 Å². The monoisotopic (exact) mass is 441 g/mol. The van der Waals surface area contributed by atoms with Gasteiger partial charge in [-0.15, -0.1) is 0 Å². The molecule has 0 radical (unpaired) electrons. The molecule has 0 saturated carbocycles. The summed E-state index contributed by atoms with van der Waals surface area (Å²) in [5.41, 5.74) is 2.41. The van der Waals surface area contributed by atoms with E-state index in [2.05, 4.69) is 9.82 Å². The number of halogens is 1. The molecule has 0 aliphatic rings. The minimum atomic E-state index is -3.84. The molecule has 0 atom stereocenters. The van der Waals surface area contributed by atoms with Gasteiger partial charge >= 0.3 is 0 Å². The molecule has 0 unspecified atom stereocenters. The van der Waals surface area contributed by atoms with Crippen molar-refractivity contribution in [3.63, 3.8) is 0 Å². The van der Waals surface area contributed by atoms with Gasteiger partial charge in [0, 0.05) is 17.3 Å². The van der Waals surface area contributed by atoms with Gasteiger partial charge in [-0.25, -0.2) is 8.42 Å². The summed E-state index contributed by atoms with van der Waals surface area (Å²) in [5.74, 6) is 0. The number of hydrogen-bond acceptors (Lipinski definition) is 3. The predicted octanol–water partition coefficient (Wildman–Crippen LogP) is 4.33. The van der Waals surface area contributed by atoms with E-state index in [1.165, 1.54) is 11.6 Å². The first-order valence-corrected chi connectivity index (χ1v) is 11.3. The van der Waals surface area contributed by atoms with Crippen molar-refractivity contribution in [1.29, 1.82) is 0 Å². The van der Waals surface area contributed by atoms with Crippen LogP contribution in [0.15, 0.2) is 76.4 Å². The van der Waals surface area contributed by atoms with Crippen LogP contribution < -0.4 is 10.3 Å². The summed E-state index contributed by atoms with van der Waals surface area (Å²) in [6.07, 6.45) is 0.767. The second-order valence-electron chi connectivity index (χ2n) is 7.03. The first kappa shape index (κ1) is 20.3. The van der Waals surface area contributed by atoms with Crippen molar-refractivity contribution in [2.75, 3.05) is 4.72 Å². The van der Waals surface area contributed by atoms with E-state index < -0.39 is 10.0 Å². The molecule has 0 amide bonds. The van der Waals surface area contributed by atoms with Crippen LogP contribution in [0.2, 0.25) is 5.02 Å². The summed E-state index contributed by atoms with van der Waals surface area (Å²) in [6.45, 7) is 2.26. The SMILES string of the molecule is Cc1c(Cl)cccc1S(=O)(=O)Nc1ccc2c(c1)c(=O)[nH]n2CCc1ccccc1. The predicted molar refractivity (Wildman–Crippen MR) is 120 cm³/mol. The molecule has 8 heteroatoms. The summed E-state index contributed by atoms with van der Waals surface area (Å²) in [7, 11) is -3.84. The third-order valence-electron chi connectivity index (χ3n) is 5.00. The number of hydrogen-bond donors (Lipinski definition) is 2. The zero-order chi connectivity index (χ0) is 21.3. The number of sulfonamides is 1. The third kappa shape index (κ3) is 3.99. The topological polar surface area (TPSA) is 84.0 Å². The molecular weight excluding hydrogens is 422 g/mol. The molecule has 30 heavy (non-hydrogen) atoms. The maximum atomic E-state index is 12.8.